The van der Waals surface area contributed by atoms with Crippen LogP contribution < -0.4 is 14.2 Å². The van der Waals surface area contributed by atoms with Crippen LogP contribution in [0.5, 0.6) is 11.5 Å². The van der Waals surface area contributed by atoms with Gasteiger partial charge in [0, 0.05) is 12.1 Å². The van der Waals surface area contributed by atoms with Crippen LogP contribution in [0.25, 0.3) is 0 Å². The fraction of sp³-hybridized carbons (Fsp3) is 0.368. The summed E-state index contributed by atoms with van der Waals surface area (Å²) < 4.78 is 38.8. The van der Waals surface area contributed by atoms with Crippen molar-refractivity contribution >= 4 is 10.0 Å². The molecule has 0 bridgehead atoms. The van der Waals surface area contributed by atoms with Gasteiger partial charge in [0.2, 0.25) is 10.0 Å². The summed E-state index contributed by atoms with van der Waals surface area (Å²) in [6.45, 7) is 7.88. The third-order valence-electron chi connectivity index (χ3n) is 4.34. The molecule has 0 aliphatic heterocycles. The summed E-state index contributed by atoms with van der Waals surface area (Å²) in [6, 6.07) is 8.43. The first-order valence-corrected chi connectivity index (χ1v) is 9.50. The summed E-state index contributed by atoms with van der Waals surface area (Å²) in [7, 11) is -0.843. The average Bonchev–Trinajstić information content (AvgIpc) is 2.56. The lowest BCUT2D eigenvalue weighted by molar-refractivity contribution is 0.391. The summed E-state index contributed by atoms with van der Waals surface area (Å²) in [6.07, 6.45) is 0. The van der Waals surface area contributed by atoms with Crippen molar-refractivity contribution in [2.45, 2.75) is 38.6 Å². The Morgan fingerprint density at radius 2 is 1.56 bits per heavy atom. The predicted octanol–water partition coefficient (Wildman–Crippen LogP) is 3.67. The molecule has 5 nitrogen and oxygen atoms in total. The van der Waals surface area contributed by atoms with Crippen molar-refractivity contribution in [2.24, 2.45) is 0 Å². The first-order chi connectivity index (χ1) is 11.7. The Bertz CT molecular complexity index is 875. The fourth-order valence-corrected chi connectivity index (χ4v) is 4.21. The molecule has 25 heavy (non-hydrogen) atoms. The van der Waals surface area contributed by atoms with E-state index >= 15 is 0 Å². The van der Waals surface area contributed by atoms with E-state index in [1.54, 1.807) is 12.1 Å². The van der Waals surface area contributed by atoms with E-state index in [0.29, 0.717) is 5.75 Å². The van der Waals surface area contributed by atoms with Crippen molar-refractivity contribution in [1.82, 2.24) is 4.72 Å². The van der Waals surface area contributed by atoms with Crippen LogP contribution in [0.15, 0.2) is 35.2 Å². The van der Waals surface area contributed by atoms with Crippen molar-refractivity contribution < 1.29 is 17.9 Å². The highest BCUT2D eigenvalue weighted by Gasteiger charge is 2.24. The molecule has 0 unspecified atom stereocenters. The monoisotopic (exact) mass is 363 g/mol. The second-order valence-electron chi connectivity index (χ2n) is 6.15. The molecule has 0 saturated heterocycles. The number of aryl methyl sites for hydroxylation is 3. The summed E-state index contributed by atoms with van der Waals surface area (Å²) in [5, 5.41) is 0. The molecule has 0 aromatic heterocycles. The van der Waals surface area contributed by atoms with E-state index in [1.807, 2.05) is 33.8 Å². The highest BCUT2D eigenvalue weighted by molar-refractivity contribution is 7.89. The minimum atomic E-state index is -3.78. The van der Waals surface area contributed by atoms with Gasteiger partial charge in [0.25, 0.3) is 0 Å². The lowest BCUT2D eigenvalue weighted by atomic mass is 9.97. The van der Waals surface area contributed by atoms with Crippen LogP contribution in [0.4, 0.5) is 0 Å². The second-order valence-corrected chi connectivity index (χ2v) is 7.84. The maximum Gasteiger partial charge on any atom is 0.244 e. The highest BCUT2D eigenvalue weighted by Crippen LogP contribution is 2.30. The Morgan fingerprint density at radius 1 is 0.920 bits per heavy atom. The van der Waals surface area contributed by atoms with E-state index < -0.39 is 10.0 Å². The minimum absolute atomic E-state index is 0.0580. The highest BCUT2D eigenvalue weighted by atomic mass is 32.2. The Kier molecular flexibility index (Phi) is 5.75. The van der Waals surface area contributed by atoms with Crippen LogP contribution in [0.2, 0.25) is 0 Å². The number of rotatable bonds is 6. The zero-order valence-electron chi connectivity index (χ0n) is 15.5. The van der Waals surface area contributed by atoms with E-state index in [2.05, 4.69) is 10.8 Å². The summed E-state index contributed by atoms with van der Waals surface area (Å²) >= 11 is 0. The molecule has 0 aliphatic carbocycles. The van der Waals surface area contributed by atoms with Crippen LogP contribution >= 0.6 is 0 Å². The predicted molar refractivity (Wildman–Crippen MR) is 98.9 cm³/mol. The summed E-state index contributed by atoms with van der Waals surface area (Å²) in [4.78, 5) is 0.0580. The zero-order valence-corrected chi connectivity index (χ0v) is 16.3. The second kappa shape index (κ2) is 7.45. The molecule has 2 aromatic carbocycles. The molecule has 1 atom stereocenters. The molecule has 0 radical (unpaired) electrons. The molecule has 1 N–H and O–H groups in total. The van der Waals surface area contributed by atoms with Crippen molar-refractivity contribution in [2.75, 3.05) is 14.2 Å². The number of benzene rings is 2. The molecule has 0 saturated carbocycles. The van der Waals surface area contributed by atoms with Gasteiger partial charge in [0.15, 0.2) is 0 Å². The van der Waals surface area contributed by atoms with Gasteiger partial charge in [-0.3, -0.25) is 0 Å². The van der Waals surface area contributed by atoms with Gasteiger partial charge in [0.05, 0.1) is 14.2 Å². The maximum atomic E-state index is 12.9. The van der Waals surface area contributed by atoms with Gasteiger partial charge in [-0.25, -0.2) is 13.1 Å². The van der Waals surface area contributed by atoms with Gasteiger partial charge in [-0.2, -0.15) is 0 Å². The minimum Gasteiger partial charge on any atom is -0.497 e. The maximum absolute atomic E-state index is 12.9. The molecule has 136 valence electrons. The SMILES string of the molecule is COc1ccc(OC)c(S(=O)(=O)N[C@@H](C)c2cc(C)c(C)cc2C)c1. The topological polar surface area (TPSA) is 64.6 Å². The van der Waals surface area contributed by atoms with E-state index in [-0.39, 0.29) is 16.7 Å². The van der Waals surface area contributed by atoms with Gasteiger partial charge >= 0.3 is 0 Å². The van der Waals surface area contributed by atoms with Gasteiger partial charge < -0.3 is 9.47 Å². The van der Waals surface area contributed by atoms with Crippen molar-refractivity contribution in [3.8, 4) is 11.5 Å². The first-order valence-electron chi connectivity index (χ1n) is 8.01. The fourth-order valence-electron chi connectivity index (χ4n) is 2.80. The first kappa shape index (κ1) is 19.3. The molecule has 6 heteroatoms. The lowest BCUT2D eigenvalue weighted by Crippen LogP contribution is -2.28. The Hall–Kier alpha value is -2.05. The molecule has 0 fully saturated rings. The standard InChI is InChI=1S/C19H25NO4S/c1-12-9-14(3)17(10-13(12)2)15(4)20-25(21,22)19-11-16(23-5)7-8-18(19)24-6/h7-11,15,20H,1-6H3/t15-/m0/s1. The van der Waals surface area contributed by atoms with E-state index in [1.165, 1.54) is 25.8 Å². The molecule has 2 rings (SSSR count). The van der Waals surface area contributed by atoms with E-state index in [4.69, 9.17) is 9.47 Å². The quantitative estimate of drug-likeness (QED) is 0.850. The van der Waals surface area contributed by atoms with E-state index in [9.17, 15) is 8.42 Å². The van der Waals surface area contributed by atoms with Gasteiger partial charge in [0.1, 0.15) is 16.4 Å². The number of sulfonamides is 1. The van der Waals surface area contributed by atoms with Crippen LogP contribution in [0.3, 0.4) is 0 Å². The Morgan fingerprint density at radius 3 is 2.16 bits per heavy atom. The zero-order chi connectivity index (χ0) is 18.8. The van der Waals surface area contributed by atoms with Gasteiger partial charge in [-0.1, -0.05) is 12.1 Å². The average molecular weight is 363 g/mol. The number of nitrogens with one attached hydrogen (secondary N) is 1. The number of hydrogen-bond acceptors (Lipinski definition) is 4. The molecule has 0 spiro atoms. The lowest BCUT2D eigenvalue weighted by Gasteiger charge is -2.19. The smallest absolute Gasteiger partial charge is 0.244 e. The van der Waals surface area contributed by atoms with Crippen molar-refractivity contribution in [3.63, 3.8) is 0 Å². The van der Waals surface area contributed by atoms with Crippen LogP contribution in [-0.4, -0.2) is 22.6 Å². The molecule has 0 amide bonds. The Labute approximate surface area is 150 Å². The van der Waals surface area contributed by atoms with Gasteiger partial charge in [-0.15, -0.1) is 0 Å². The van der Waals surface area contributed by atoms with Crippen LogP contribution in [0, 0.1) is 20.8 Å². The molecular weight excluding hydrogens is 338 g/mol. The molecule has 0 aliphatic rings. The Balaban J connectivity index is 2.40. The third kappa shape index (κ3) is 4.14. The molecule has 2 aromatic rings. The van der Waals surface area contributed by atoms with Gasteiger partial charge in [-0.05, 0) is 62.1 Å². The number of ether oxygens (including phenoxy) is 2. The van der Waals surface area contributed by atoms with E-state index in [0.717, 1.165) is 16.7 Å². The normalized spacial score (nSPS) is 12.7. The van der Waals surface area contributed by atoms with Crippen LogP contribution in [0.1, 0.15) is 35.2 Å². The largest absolute Gasteiger partial charge is 0.497 e. The number of methoxy groups -OCH3 is 2. The third-order valence-corrected chi connectivity index (χ3v) is 5.90. The van der Waals surface area contributed by atoms with Crippen molar-refractivity contribution in [1.29, 1.82) is 0 Å². The summed E-state index contributed by atoms with van der Waals surface area (Å²) in [5.74, 6) is 0.730. The number of hydrogen-bond donors (Lipinski definition) is 1. The molecule has 0 heterocycles. The molecular formula is C19H25NO4S. The van der Waals surface area contributed by atoms with Crippen LogP contribution in [-0.2, 0) is 10.0 Å². The van der Waals surface area contributed by atoms with Crippen molar-refractivity contribution in [3.05, 3.63) is 52.6 Å². The summed E-state index contributed by atoms with van der Waals surface area (Å²) in [5.41, 5.74) is 4.32.